The third-order valence-corrected chi connectivity index (χ3v) is 4.49. The maximum Gasteiger partial charge on any atom is 0.258 e. The Bertz CT molecular complexity index is 514. The van der Waals surface area contributed by atoms with E-state index in [0.29, 0.717) is 25.7 Å². The summed E-state index contributed by atoms with van der Waals surface area (Å²) >= 11 is 0. The molecule has 1 aromatic heterocycles. The molecular formula is C14H26N4O2S. The molecular weight excluding hydrogens is 288 g/mol. The lowest BCUT2D eigenvalue weighted by molar-refractivity contribution is 0.358. The van der Waals surface area contributed by atoms with Crippen LogP contribution in [0.3, 0.4) is 0 Å². The van der Waals surface area contributed by atoms with Crippen LogP contribution in [0, 0.1) is 0 Å². The predicted molar refractivity (Wildman–Crippen MR) is 84.6 cm³/mol. The first-order valence-corrected chi connectivity index (χ1v) is 8.70. The summed E-state index contributed by atoms with van der Waals surface area (Å²) in [6, 6.07) is 3.71. The fourth-order valence-corrected chi connectivity index (χ4v) is 2.55. The zero-order valence-corrected chi connectivity index (χ0v) is 14.1. The molecule has 1 rings (SSSR count). The molecule has 0 saturated carbocycles. The fourth-order valence-electron chi connectivity index (χ4n) is 1.60. The molecule has 6 nitrogen and oxygen atoms in total. The Labute approximate surface area is 128 Å². The maximum absolute atomic E-state index is 12.1. The molecule has 2 N–H and O–H groups in total. The molecule has 0 aliphatic rings. The molecule has 0 spiro atoms. The molecule has 0 radical (unpaired) electrons. The first-order chi connectivity index (χ1) is 9.85. The number of likely N-dealkylation sites (N-methyl/N-ethyl adjacent to an activating group) is 1. The molecule has 7 heteroatoms. The summed E-state index contributed by atoms with van der Waals surface area (Å²) in [5.74, 6) is 0. The molecule has 120 valence electrons. The van der Waals surface area contributed by atoms with Crippen molar-refractivity contribution in [1.82, 2.24) is 19.9 Å². The van der Waals surface area contributed by atoms with Gasteiger partial charge in [-0.25, -0.2) is 18.1 Å². The van der Waals surface area contributed by atoms with Crippen molar-refractivity contribution in [1.29, 1.82) is 0 Å². The zero-order chi connectivity index (χ0) is 15.9. The Morgan fingerprint density at radius 3 is 2.57 bits per heavy atom. The van der Waals surface area contributed by atoms with Gasteiger partial charge in [0.1, 0.15) is 0 Å². The summed E-state index contributed by atoms with van der Waals surface area (Å²) in [6.07, 6.45) is 1.60. The highest BCUT2D eigenvalue weighted by atomic mass is 32.2. The minimum Gasteiger partial charge on any atom is -0.310 e. The lowest BCUT2D eigenvalue weighted by Crippen LogP contribution is -2.33. The lowest BCUT2D eigenvalue weighted by Gasteiger charge is -2.14. The lowest BCUT2D eigenvalue weighted by atomic mass is 10.2. The molecule has 0 fully saturated rings. The molecule has 1 heterocycles. The number of nitrogens with one attached hydrogen (secondary N) is 2. The Morgan fingerprint density at radius 2 is 2.05 bits per heavy atom. The number of hydrogen-bond acceptors (Lipinski definition) is 5. The van der Waals surface area contributed by atoms with Crippen LogP contribution < -0.4 is 10.0 Å². The van der Waals surface area contributed by atoms with Gasteiger partial charge in [-0.2, -0.15) is 0 Å². The second kappa shape index (κ2) is 8.43. The number of rotatable bonds is 9. The van der Waals surface area contributed by atoms with Crippen LogP contribution in [0.15, 0.2) is 23.4 Å². The molecule has 0 bridgehead atoms. The molecule has 0 saturated heterocycles. The maximum atomic E-state index is 12.1. The van der Waals surface area contributed by atoms with Gasteiger partial charge >= 0.3 is 0 Å². The van der Waals surface area contributed by atoms with Gasteiger partial charge in [0.25, 0.3) is 10.0 Å². The smallest absolute Gasteiger partial charge is 0.258 e. The van der Waals surface area contributed by atoms with E-state index in [4.69, 9.17) is 0 Å². The van der Waals surface area contributed by atoms with Crippen molar-refractivity contribution in [3.05, 3.63) is 23.9 Å². The van der Waals surface area contributed by atoms with Gasteiger partial charge in [0.15, 0.2) is 5.03 Å². The first-order valence-electron chi connectivity index (χ1n) is 7.21. The number of nitrogens with zero attached hydrogens (tertiary/aromatic N) is 2. The first kappa shape index (κ1) is 18.0. The largest absolute Gasteiger partial charge is 0.310 e. The van der Waals surface area contributed by atoms with Crippen molar-refractivity contribution in [2.24, 2.45) is 0 Å². The summed E-state index contributed by atoms with van der Waals surface area (Å²) in [6.45, 7) is 8.77. The van der Waals surface area contributed by atoms with Gasteiger partial charge in [0.05, 0.1) is 0 Å². The third-order valence-electron chi connectivity index (χ3n) is 3.11. The second-order valence-corrected chi connectivity index (χ2v) is 7.05. The summed E-state index contributed by atoms with van der Waals surface area (Å²) in [5.41, 5.74) is 0.966. The highest BCUT2D eigenvalue weighted by molar-refractivity contribution is 7.89. The van der Waals surface area contributed by atoms with Crippen LogP contribution in [0.2, 0.25) is 0 Å². The second-order valence-electron chi connectivity index (χ2n) is 5.33. The highest BCUT2D eigenvalue weighted by Gasteiger charge is 2.15. The van der Waals surface area contributed by atoms with E-state index in [9.17, 15) is 8.42 Å². The van der Waals surface area contributed by atoms with Gasteiger partial charge in [0.2, 0.25) is 0 Å². The van der Waals surface area contributed by atoms with E-state index < -0.39 is 10.0 Å². The highest BCUT2D eigenvalue weighted by Crippen LogP contribution is 2.06. The summed E-state index contributed by atoms with van der Waals surface area (Å²) < 4.78 is 26.7. The minimum absolute atomic E-state index is 0.0648. The average molecular weight is 314 g/mol. The van der Waals surface area contributed by atoms with Crippen LogP contribution in [-0.4, -0.2) is 51.0 Å². The Balaban J connectivity index is 2.58. The number of hydrogen-bond donors (Lipinski definition) is 2. The Morgan fingerprint density at radius 1 is 1.33 bits per heavy atom. The van der Waals surface area contributed by atoms with Gasteiger partial charge in [0, 0.05) is 31.9 Å². The van der Waals surface area contributed by atoms with E-state index in [1.165, 1.54) is 0 Å². The molecule has 1 aromatic rings. The zero-order valence-electron chi connectivity index (χ0n) is 13.3. The van der Waals surface area contributed by atoms with Gasteiger partial charge in [-0.1, -0.05) is 26.8 Å². The van der Waals surface area contributed by atoms with E-state index in [0.717, 1.165) is 12.1 Å². The van der Waals surface area contributed by atoms with E-state index in [-0.39, 0.29) is 5.03 Å². The van der Waals surface area contributed by atoms with Crippen LogP contribution in [0.4, 0.5) is 0 Å². The van der Waals surface area contributed by atoms with Gasteiger partial charge in [-0.15, -0.1) is 0 Å². The number of sulfonamides is 1. The normalized spacial score (nSPS) is 12.3. The molecule has 0 unspecified atom stereocenters. The van der Waals surface area contributed by atoms with Crippen molar-refractivity contribution < 1.29 is 8.42 Å². The number of aromatic nitrogens is 1. The predicted octanol–water partition coefficient (Wildman–Crippen LogP) is 0.810. The van der Waals surface area contributed by atoms with Crippen LogP contribution in [-0.2, 0) is 16.6 Å². The minimum atomic E-state index is -3.52. The van der Waals surface area contributed by atoms with Crippen LogP contribution >= 0.6 is 0 Å². The molecule has 0 amide bonds. The van der Waals surface area contributed by atoms with E-state index >= 15 is 0 Å². The van der Waals surface area contributed by atoms with E-state index in [1.807, 2.05) is 18.9 Å². The molecule has 0 atom stereocenters. The Hall–Kier alpha value is -1.02. The van der Waals surface area contributed by atoms with Gasteiger partial charge < -0.3 is 10.2 Å². The SMILES string of the molecule is CCN(C)CCNS(=O)(=O)c1ccc(CNC(C)C)cn1. The molecule has 0 aromatic carbocycles. The Kier molecular flexibility index (Phi) is 7.24. The monoisotopic (exact) mass is 314 g/mol. The summed E-state index contributed by atoms with van der Waals surface area (Å²) in [7, 11) is -1.57. The van der Waals surface area contributed by atoms with Crippen molar-refractivity contribution in [2.75, 3.05) is 26.7 Å². The quantitative estimate of drug-likeness (QED) is 0.705. The molecule has 0 aliphatic carbocycles. The molecule has 0 aliphatic heterocycles. The number of pyridine rings is 1. The van der Waals surface area contributed by atoms with Crippen molar-refractivity contribution in [2.45, 2.75) is 38.4 Å². The summed E-state index contributed by atoms with van der Waals surface area (Å²) in [5, 5.41) is 3.33. The van der Waals surface area contributed by atoms with Crippen LogP contribution in [0.5, 0.6) is 0 Å². The summed E-state index contributed by atoms with van der Waals surface area (Å²) in [4.78, 5) is 6.08. The third kappa shape index (κ3) is 6.52. The fraction of sp³-hybridized carbons (Fsp3) is 0.643. The van der Waals surface area contributed by atoms with Gasteiger partial charge in [-0.05, 0) is 25.2 Å². The van der Waals surface area contributed by atoms with Gasteiger partial charge in [-0.3, -0.25) is 0 Å². The van der Waals surface area contributed by atoms with Crippen LogP contribution in [0.1, 0.15) is 26.3 Å². The van der Waals surface area contributed by atoms with E-state index in [2.05, 4.69) is 28.9 Å². The standard InChI is InChI=1S/C14H26N4O2S/c1-5-18(4)9-8-17-21(19,20)14-7-6-13(11-16-14)10-15-12(2)3/h6-7,11-12,15,17H,5,8-10H2,1-4H3. The van der Waals surface area contributed by atoms with Crippen LogP contribution in [0.25, 0.3) is 0 Å². The van der Waals surface area contributed by atoms with E-state index in [1.54, 1.807) is 18.3 Å². The molecule has 21 heavy (non-hydrogen) atoms. The van der Waals surface area contributed by atoms with Crippen molar-refractivity contribution >= 4 is 10.0 Å². The van der Waals surface area contributed by atoms with Crippen molar-refractivity contribution in [3.63, 3.8) is 0 Å². The topological polar surface area (TPSA) is 74.3 Å². The van der Waals surface area contributed by atoms with Crippen molar-refractivity contribution in [3.8, 4) is 0 Å². The average Bonchev–Trinajstić information content (AvgIpc) is 2.45.